The summed E-state index contributed by atoms with van der Waals surface area (Å²) in [6.07, 6.45) is 2.95. The average Bonchev–Trinajstić information content (AvgIpc) is 3.12. The number of benzene rings is 3. The first kappa shape index (κ1) is 28.7. The zero-order valence-electron chi connectivity index (χ0n) is 24.6. The predicted octanol–water partition coefficient (Wildman–Crippen LogP) is 9.01. The summed E-state index contributed by atoms with van der Waals surface area (Å²) in [6, 6.07) is 48.2. The van der Waals surface area contributed by atoms with Gasteiger partial charge in [-0.05, 0) is 65.2 Å². The van der Waals surface area contributed by atoms with Crippen LogP contribution in [-0.2, 0) is 5.54 Å². The summed E-state index contributed by atoms with van der Waals surface area (Å²) in [5, 5.41) is 0. The van der Waals surface area contributed by atoms with E-state index in [2.05, 4.69) is 51.3 Å². The van der Waals surface area contributed by atoms with Gasteiger partial charge in [-0.15, -0.1) is 0 Å². The van der Waals surface area contributed by atoms with Crippen LogP contribution < -0.4 is 4.90 Å². The van der Waals surface area contributed by atoms with Crippen LogP contribution in [0.3, 0.4) is 0 Å². The molecule has 46 heavy (non-hydrogen) atoms. The van der Waals surface area contributed by atoms with Gasteiger partial charge in [0.15, 0.2) is 0 Å². The topological polar surface area (TPSA) is 54.8 Å². The Labute approximate surface area is 265 Å². The van der Waals surface area contributed by atoms with Crippen molar-refractivity contribution in [2.24, 2.45) is 0 Å². The van der Waals surface area contributed by atoms with Crippen molar-refractivity contribution < 1.29 is 8.78 Å². The van der Waals surface area contributed by atoms with Crippen LogP contribution in [0.5, 0.6) is 0 Å². The molecule has 0 saturated carbocycles. The molecule has 4 heterocycles. The molecule has 0 saturated heterocycles. The van der Waals surface area contributed by atoms with Crippen LogP contribution in [-0.4, -0.2) is 19.9 Å². The van der Waals surface area contributed by atoms with Gasteiger partial charge in [-0.2, -0.15) is 8.78 Å². The fourth-order valence-corrected chi connectivity index (χ4v) is 5.86. The molecule has 7 heteroatoms. The molecule has 222 valence electrons. The van der Waals surface area contributed by atoms with E-state index in [1.807, 2.05) is 91.0 Å². The lowest BCUT2D eigenvalue weighted by Crippen LogP contribution is -2.46. The van der Waals surface area contributed by atoms with Crippen LogP contribution in [0.25, 0.3) is 22.5 Å². The van der Waals surface area contributed by atoms with E-state index < -0.39 is 17.4 Å². The molecule has 0 atom stereocenters. The molecular formula is C39H27F2N5. The summed E-state index contributed by atoms with van der Waals surface area (Å²) in [6.45, 7) is 0. The number of hydrogen-bond acceptors (Lipinski definition) is 5. The van der Waals surface area contributed by atoms with E-state index in [4.69, 9.17) is 9.97 Å². The predicted molar refractivity (Wildman–Crippen MR) is 176 cm³/mol. The van der Waals surface area contributed by atoms with Gasteiger partial charge >= 0.3 is 0 Å². The lowest BCUT2D eigenvalue weighted by Gasteiger charge is -2.45. The fourth-order valence-electron chi connectivity index (χ4n) is 5.86. The molecule has 7 rings (SSSR count). The van der Waals surface area contributed by atoms with Gasteiger partial charge in [0.1, 0.15) is 17.2 Å². The zero-order chi connectivity index (χ0) is 31.3. The molecule has 3 aromatic carbocycles. The van der Waals surface area contributed by atoms with Crippen LogP contribution in [0.4, 0.5) is 20.4 Å². The van der Waals surface area contributed by atoms with E-state index in [9.17, 15) is 8.78 Å². The van der Waals surface area contributed by atoms with Gasteiger partial charge < -0.3 is 0 Å². The molecule has 0 aliphatic rings. The minimum atomic E-state index is -0.969. The number of nitrogens with zero attached hydrogens (tertiary/aromatic N) is 5. The van der Waals surface area contributed by atoms with Gasteiger partial charge in [0, 0.05) is 23.5 Å². The summed E-state index contributed by atoms with van der Waals surface area (Å²) >= 11 is 0. The standard InChI is InChI=1S/C39H27F2N5/c40-35-24-22-28(26-42-35)33-18-10-20-37(44-33)46(38-21-11-19-34(45-38)29-23-25-36(41)43-27-29)39(30-12-4-1-5-13-30,31-14-6-2-7-15-31)32-16-8-3-9-17-32/h1-27H. The smallest absolute Gasteiger partial charge is 0.212 e. The number of halogens is 2. The number of aromatic nitrogens is 4. The van der Waals surface area contributed by atoms with E-state index in [1.54, 1.807) is 12.1 Å². The van der Waals surface area contributed by atoms with Gasteiger partial charge in [0.25, 0.3) is 0 Å². The molecule has 0 unspecified atom stereocenters. The Bertz CT molecular complexity index is 1870. The first-order valence-electron chi connectivity index (χ1n) is 14.8. The Morgan fingerprint density at radius 1 is 0.413 bits per heavy atom. The van der Waals surface area contributed by atoms with Crippen LogP contribution in [0, 0.1) is 11.9 Å². The number of hydrogen-bond donors (Lipinski definition) is 0. The van der Waals surface area contributed by atoms with E-state index in [-0.39, 0.29) is 0 Å². The highest BCUT2D eigenvalue weighted by Gasteiger charge is 2.44. The van der Waals surface area contributed by atoms with Crippen molar-refractivity contribution in [1.82, 2.24) is 19.9 Å². The van der Waals surface area contributed by atoms with Crippen molar-refractivity contribution in [3.8, 4) is 22.5 Å². The van der Waals surface area contributed by atoms with Crippen LogP contribution in [0.15, 0.2) is 164 Å². The zero-order valence-corrected chi connectivity index (χ0v) is 24.6. The Hall–Kier alpha value is -6.08. The van der Waals surface area contributed by atoms with E-state index in [1.165, 1.54) is 24.5 Å². The summed E-state index contributed by atoms with van der Waals surface area (Å²) < 4.78 is 27.6. The SMILES string of the molecule is Fc1ccc(-c2cccc(N(c3cccc(-c4ccc(F)nc4)n3)C(c3ccccc3)(c3ccccc3)c3ccccc3)n2)cn1. The molecule has 0 amide bonds. The molecule has 0 aliphatic carbocycles. The number of pyridine rings is 4. The van der Waals surface area contributed by atoms with Gasteiger partial charge in [-0.25, -0.2) is 19.9 Å². The monoisotopic (exact) mass is 603 g/mol. The van der Waals surface area contributed by atoms with Crippen molar-refractivity contribution in [3.05, 3.63) is 193 Å². The second-order valence-electron chi connectivity index (χ2n) is 10.6. The summed E-state index contributed by atoms with van der Waals surface area (Å²) in [5.41, 5.74) is 4.58. The van der Waals surface area contributed by atoms with Crippen LogP contribution in [0.2, 0.25) is 0 Å². The van der Waals surface area contributed by atoms with Crippen molar-refractivity contribution in [2.75, 3.05) is 4.90 Å². The van der Waals surface area contributed by atoms with Gasteiger partial charge in [0.2, 0.25) is 11.9 Å². The maximum absolute atomic E-state index is 13.8. The summed E-state index contributed by atoms with van der Waals surface area (Å²) in [4.78, 5) is 20.2. The molecule has 0 spiro atoms. The largest absolute Gasteiger partial charge is 0.292 e. The molecule has 0 radical (unpaired) electrons. The highest BCUT2D eigenvalue weighted by Crippen LogP contribution is 2.48. The number of anilines is 2. The first-order chi connectivity index (χ1) is 22.6. The molecule has 0 fully saturated rings. The van der Waals surface area contributed by atoms with Crippen LogP contribution >= 0.6 is 0 Å². The maximum atomic E-state index is 13.8. The molecule has 0 bridgehead atoms. The second-order valence-corrected chi connectivity index (χ2v) is 10.6. The Kier molecular flexibility index (Phi) is 7.79. The van der Waals surface area contributed by atoms with Gasteiger partial charge in [-0.1, -0.05) is 103 Å². The van der Waals surface area contributed by atoms with Gasteiger partial charge in [-0.3, -0.25) is 4.90 Å². The van der Waals surface area contributed by atoms with Crippen molar-refractivity contribution in [1.29, 1.82) is 0 Å². The normalized spacial score (nSPS) is 11.3. The average molecular weight is 604 g/mol. The fraction of sp³-hybridized carbons (Fsp3) is 0.0256. The minimum Gasteiger partial charge on any atom is -0.292 e. The highest BCUT2D eigenvalue weighted by molar-refractivity contribution is 5.73. The quantitative estimate of drug-likeness (QED) is 0.128. The lowest BCUT2D eigenvalue weighted by atomic mass is 9.75. The molecule has 5 nitrogen and oxygen atoms in total. The third-order valence-corrected chi connectivity index (χ3v) is 7.88. The van der Waals surface area contributed by atoms with Crippen molar-refractivity contribution >= 4 is 11.6 Å². The lowest BCUT2D eigenvalue weighted by molar-refractivity contribution is 0.583. The molecular weight excluding hydrogens is 576 g/mol. The first-order valence-corrected chi connectivity index (χ1v) is 14.8. The van der Waals surface area contributed by atoms with Crippen molar-refractivity contribution in [2.45, 2.75) is 5.54 Å². The summed E-state index contributed by atoms with van der Waals surface area (Å²) in [7, 11) is 0. The maximum Gasteiger partial charge on any atom is 0.212 e. The van der Waals surface area contributed by atoms with Crippen molar-refractivity contribution in [3.63, 3.8) is 0 Å². The van der Waals surface area contributed by atoms with E-state index >= 15 is 0 Å². The molecule has 0 aliphatic heterocycles. The van der Waals surface area contributed by atoms with Gasteiger partial charge in [0.05, 0.1) is 11.4 Å². The molecule has 0 N–H and O–H groups in total. The van der Waals surface area contributed by atoms with E-state index in [0.717, 1.165) is 16.7 Å². The Balaban J connectivity index is 1.57. The van der Waals surface area contributed by atoms with Crippen LogP contribution in [0.1, 0.15) is 16.7 Å². The minimum absolute atomic E-state index is 0.561. The third-order valence-electron chi connectivity index (χ3n) is 7.88. The Morgan fingerprint density at radius 3 is 1.15 bits per heavy atom. The highest BCUT2D eigenvalue weighted by atomic mass is 19.1. The van der Waals surface area contributed by atoms with E-state index in [0.29, 0.717) is 34.2 Å². The number of rotatable bonds is 8. The summed E-state index contributed by atoms with van der Waals surface area (Å²) in [5.74, 6) is 0.0729. The molecule has 7 aromatic rings. The second kappa shape index (κ2) is 12.5. The third kappa shape index (κ3) is 5.39. The molecule has 4 aromatic heterocycles. The Morgan fingerprint density at radius 2 is 0.804 bits per heavy atom.